The Morgan fingerprint density at radius 2 is 1.53 bits per heavy atom. The van der Waals surface area contributed by atoms with E-state index < -0.39 is 10.0 Å². The molecule has 2 aliphatic heterocycles. The van der Waals surface area contributed by atoms with E-state index in [9.17, 15) is 23.1 Å². The van der Waals surface area contributed by atoms with Crippen LogP contribution in [0.15, 0.2) is 47.4 Å². The van der Waals surface area contributed by atoms with Crippen LogP contribution in [0.4, 0.5) is 0 Å². The van der Waals surface area contributed by atoms with Gasteiger partial charge in [0.1, 0.15) is 5.75 Å². The van der Waals surface area contributed by atoms with Crippen LogP contribution in [0.5, 0.6) is 5.75 Å². The van der Waals surface area contributed by atoms with Crippen molar-refractivity contribution in [2.24, 2.45) is 0 Å². The number of ether oxygens (including phenoxy) is 1. The van der Waals surface area contributed by atoms with Gasteiger partial charge in [0.05, 0.1) is 23.7 Å². The molecular weight excluding hydrogens is 458 g/mol. The van der Waals surface area contributed by atoms with Crippen molar-refractivity contribution in [3.63, 3.8) is 0 Å². The number of nitrogens with zero attached hydrogens (tertiary/aromatic N) is 3. The van der Waals surface area contributed by atoms with Crippen molar-refractivity contribution >= 4 is 21.8 Å². The molecule has 4 rings (SSSR count). The van der Waals surface area contributed by atoms with Crippen LogP contribution in [0, 0.1) is 0 Å². The van der Waals surface area contributed by atoms with Gasteiger partial charge in [-0.1, -0.05) is 25.1 Å². The molecule has 0 saturated carbocycles. The lowest BCUT2D eigenvalue weighted by Crippen LogP contribution is -2.50. The zero-order valence-electron chi connectivity index (χ0n) is 19.1. The number of hydrogen-bond acceptors (Lipinski definition) is 6. The summed E-state index contributed by atoms with van der Waals surface area (Å²) < 4.78 is 33.2. The Kier molecular flexibility index (Phi) is 7.20. The second-order valence-corrected chi connectivity index (χ2v) is 10.2. The molecule has 1 N–H and O–H groups in total. The number of hydrogen-bond donors (Lipinski definition) is 1. The third-order valence-corrected chi connectivity index (χ3v) is 8.25. The molecule has 10 heteroatoms. The number of aromatic hydroxyl groups is 1. The number of aryl methyl sites for hydroxylation is 1. The molecule has 9 nitrogen and oxygen atoms in total. The molecule has 2 saturated heterocycles. The van der Waals surface area contributed by atoms with Crippen LogP contribution in [-0.4, -0.2) is 91.9 Å². The van der Waals surface area contributed by atoms with Gasteiger partial charge in [0.15, 0.2) is 0 Å². The Labute approximate surface area is 199 Å². The summed E-state index contributed by atoms with van der Waals surface area (Å²) in [5, 5.41) is 9.96. The molecule has 0 spiro atoms. The summed E-state index contributed by atoms with van der Waals surface area (Å²) in [5.41, 5.74) is 1.21. The minimum absolute atomic E-state index is 0.0731. The number of carbonyl (C=O) groups is 2. The molecule has 2 fully saturated rings. The summed E-state index contributed by atoms with van der Waals surface area (Å²) in [7, 11) is -3.74. The van der Waals surface area contributed by atoms with E-state index in [2.05, 4.69) is 0 Å². The summed E-state index contributed by atoms with van der Waals surface area (Å²) >= 11 is 0. The van der Waals surface area contributed by atoms with Gasteiger partial charge in [0, 0.05) is 44.8 Å². The Bertz CT molecular complexity index is 1170. The van der Waals surface area contributed by atoms with Crippen molar-refractivity contribution in [2.45, 2.75) is 18.2 Å². The number of rotatable bonds is 5. The highest BCUT2D eigenvalue weighted by molar-refractivity contribution is 7.89. The fraction of sp³-hybridized carbons (Fsp3) is 0.417. The molecule has 2 aliphatic rings. The van der Waals surface area contributed by atoms with E-state index in [-0.39, 0.29) is 41.1 Å². The first-order valence-electron chi connectivity index (χ1n) is 11.4. The number of carbonyl (C=O) groups excluding carboxylic acids is 2. The Hall–Kier alpha value is -2.95. The van der Waals surface area contributed by atoms with E-state index in [1.807, 2.05) is 6.92 Å². The molecule has 2 aromatic carbocycles. The molecule has 2 amide bonds. The zero-order valence-corrected chi connectivity index (χ0v) is 20.0. The molecule has 0 bridgehead atoms. The summed E-state index contributed by atoms with van der Waals surface area (Å²) in [5.74, 6) is -0.622. The molecule has 34 heavy (non-hydrogen) atoms. The smallest absolute Gasteiger partial charge is 0.257 e. The minimum atomic E-state index is -3.74. The number of phenols is 1. The van der Waals surface area contributed by atoms with Crippen molar-refractivity contribution in [3.8, 4) is 5.75 Å². The topological polar surface area (TPSA) is 107 Å². The number of para-hydroxylation sites is 1. The van der Waals surface area contributed by atoms with Crippen LogP contribution >= 0.6 is 0 Å². The van der Waals surface area contributed by atoms with Crippen LogP contribution < -0.4 is 0 Å². The van der Waals surface area contributed by atoms with Gasteiger partial charge in [-0.3, -0.25) is 9.59 Å². The highest BCUT2D eigenvalue weighted by atomic mass is 32.2. The first-order valence-corrected chi connectivity index (χ1v) is 12.8. The lowest BCUT2D eigenvalue weighted by Gasteiger charge is -2.35. The lowest BCUT2D eigenvalue weighted by molar-refractivity contribution is 0.0533. The fourth-order valence-corrected chi connectivity index (χ4v) is 5.99. The van der Waals surface area contributed by atoms with E-state index in [1.165, 1.54) is 16.4 Å². The van der Waals surface area contributed by atoms with Crippen molar-refractivity contribution in [3.05, 3.63) is 59.2 Å². The first kappa shape index (κ1) is 24.2. The van der Waals surface area contributed by atoms with E-state index in [0.29, 0.717) is 56.9 Å². The monoisotopic (exact) mass is 487 g/mol. The molecule has 0 unspecified atom stereocenters. The van der Waals surface area contributed by atoms with Gasteiger partial charge >= 0.3 is 0 Å². The largest absolute Gasteiger partial charge is 0.507 e. The van der Waals surface area contributed by atoms with E-state index >= 15 is 0 Å². The van der Waals surface area contributed by atoms with Crippen molar-refractivity contribution in [1.29, 1.82) is 0 Å². The summed E-state index contributed by atoms with van der Waals surface area (Å²) in [6, 6.07) is 11.2. The molecule has 0 aromatic heterocycles. The van der Waals surface area contributed by atoms with Crippen LogP contribution in [0.25, 0.3) is 0 Å². The molecule has 0 atom stereocenters. The first-order chi connectivity index (χ1) is 16.3. The average Bonchev–Trinajstić information content (AvgIpc) is 2.88. The number of phenolic OH excluding ortho intramolecular Hbond substituents is 1. The van der Waals surface area contributed by atoms with Gasteiger partial charge in [-0.05, 0) is 36.2 Å². The second kappa shape index (κ2) is 10.1. The zero-order chi connectivity index (χ0) is 24.3. The minimum Gasteiger partial charge on any atom is -0.507 e. The van der Waals surface area contributed by atoms with E-state index in [0.717, 1.165) is 0 Å². The quantitative estimate of drug-likeness (QED) is 0.686. The average molecular weight is 488 g/mol. The normalized spacial score (nSPS) is 17.6. The van der Waals surface area contributed by atoms with Crippen LogP contribution in [0.3, 0.4) is 0 Å². The summed E-state index contributed by atoms with van der Waals surface area (Å²) in [6.45, 7) is 4.45. The van der Waals surface area contributed by atoms with E-state index in [1.54, 1.807) is 40.1 Å². The fourth-order valence-electron chi connectivity index (χ4n) is 4.27. The molecule has 2 heterocycles. The number of piperazine rings is 1. The maximum atomic E-state index is 13.3. The Balaban J connectivity index is 1.49. The van der Waals surface area contributed by atoms with Gasteiger partial charge in [-0.25, -0.2) is 8.42 Å². The standard InChI is InChI=1S/C24H29N3O6S/c1-2-18-7-8-19(17-22(18)34(31,32)27-13-15-33-16-14-27)23(29)25-9-11-26(12-10-25)24(30)20-5-3-4-6-21(20)28/h3-8,17,28H,2,9-16H2,1H3. The van der Waals surface area contributed by atoms with Crippen LogP contribution in [0.2, 0.25) is 0 Å². The predicted molar refractivity (Wildman–Crippen MR) is 125 cm³/mol. The van der Waals surface area contributed by atoms with Crippen molar-refractivity contribution < 1.29 is 27.9 Å². The molecule has 0 aliphatic carbocycles. The maximum Gasteiger partial charge on any atom is 0.257 e. The van der Waals surface area contributed by atoms with Gasteiger partial charge < -0.3 is 19.6 Å². The van der Waals surface area contributed by atoms with Crippen molar-refractivity contribution in [1.82, 2.24) is 14.1 Å². The summed E-state index contributed by atoms with van der Waals surface area (Å²) in [6.07, 6.45) is 0.528. The maximum absolute atomic E-state index is 13.3. The van der Waals surface area contributed by atoms with Gasteiger partial charge in [0.2, 0.25) is 10.0 Å². The van der Waals surface area contributed by atoms with Gasteiger partial charge in [-0.15, -0.1) is 0 Å². The lowest BCUT2D eigenvalue weighted by atomic mass is 10.1. The molecule has 0 radical (unpaired) electrons. The third kappa shape index (κ3) is 4.79. The SMILES string of the molecule is CCc1ccc(C(=O)N2CCN(C(=O)c3ccccc3O)CC2)cc1S(=O)(=O)N1CCOCC1. The second-order valence-electron chi connectivity index (χ2n) is 8.29. The van der Waals surface area contributed by atoms with Gasteiger partial charge in [0.25, 0.3) is 11.8 Å². The molecular formula is C24H29N3O6S. The number of amides is 2. The highest BCUT2D eigenvalue weighted by Crippen LogP contribution is 2.25. The predicted octanol–water partition coefficient (Wildman–Crippen LogP) is 1.57. The number of morpholine rings is 1. The van der Waals surface area contributed by atoms with Crippen LogP contribution in [-0.2, 0) is 21.2 Å². The number of sulfonamides is 1. The van der Waals surface area contributed by atoms with E-state index in [4.69, 9.17) is 4.74 Å². The summed E-state index contributed by atoms with van der Waals surface area (Å²) in [4.78, 5) is 29.3. The Morgan fingerprint density at radius 3 is 2.15 bits per heavy atom. The Morgan fingerprint density at radius 1 is 0.912 bits per heavy atom. The number of benzene rings is 2. The van der Waals surface area contributed by atoms with Crippen LogP contribution in [0.1, 0.15) is 33.2 Å². The van der Waals surface area contributed by atoms with Gasteiger partial charge in [-0.2, -0.15) is 4.31 Å². The highest BCUT2D eigenvalue weighted by Gasteiger charge is 2.31. The van der Waals surface area contributed by atoms with Crippen molar-refractivity contribution in [2.75, 3.05) is 52.5 Å². The molecule has 182 valence electrons. The third-order valence-electron chi connectivity index (χ3n) is 6.27. The molecule has 2 aromatic rings.